The molecule has 0 saturated carbocycles. The van der Waals surface area contributed by atoms with Gasteiger partial charge in [-0.15, -0.1) is 0 Å². The van der Waals surface area contributed by atoms with Crippen molar-refractivity contribution in [3.8, 4) is 0 Å². The average molecular weight is 477 g/mol. The first-order valence-corrected chi connectivity index (χ1v) is 12.7. The molecule has 0 N–H and O–H groups in total. The van der Waals surface area contributed by atoms with Crippen molar-refractivity contribution in [2.75, 3.05) is 6.54 Å². The summed E-state index contributed by atoms with van der Waals surface area (Å²) >= 11 is 1.91. The van der Waals surface area contributed by atoms with E-state index in [9.17, 15) is 26.4 Å². The first kappa shape index (κ1) is 18.9. The number of allylic oxidation sites excluding steroid dienone is 2. The summed E-state index contributed by atoms with van der Waals surface area (Å²) in [6, 6.07) is 0. The molecule has 0 bridgehead atoms. The number of hydrogen-bond acceptors (Lipinski definition) is 3. The van der Waals surface area contributed by atoms with Crippen LogP contribution < -0.4 is 0 Å². The molecule has 0 saturated heterocycles. The van der Waals surface area contributed by atoms with E-state index in [1.54, 1.807) is 0 Å². The summed E-state index contributed by atoms with van der Waals surface area (Å²) in [7, 11) is -7.70. The molecular weight excluding hydrogens is 462 g/mol. The van der Waals surface area contributed by atoms with Gasteiger partial charge in [-0.25, -0.2) is 8.42 Å². The molecule has 1 aliphatic carbocycles. The zero-order chi connectivity index (χ0) is 17.8. The Morgan fingerprint density at radius 2 is 1.70 bits per heavy atom. The fraction of sp³-hybridized carbons (Fsp3) is 0.462. The molecule has 4 nitrogen and oxygen atoms in total. The molecule has 0 aromatic heterocycles. The predicted octanol–water partition coefficient (Wildman–Crippen LogP) is 3.15. The number of alkyl halides is 3. The Hall–Kier alpha value is -0.463. The van der Waals surface area contributed by atoms with Crippen LogP contribution in [-0.4, -0.2) is 44.2 Å². The average Bonchev–Trinajstić information content (AvgIpc) is 2.65. The third kappa shape index (κ3) is 2.98. The molecule has 0 unspecified atom stereocenters. The van der Waals surface area contributed by atoms with Crippen molar-refractivity contribution >= 4 is 46.5 Å². The fourth-order valence-corrected chi connectivity index (χ4v) is 10.0. The first-order chi connectivity index (χ1) is 10.2. The molecule has 1 aliphatic heterocycles. The lowest BCUT2D eigenvalue weighted by atomic mass is 9.94. The van der Waals surface area contributed by atoms with Gasteiger partial charge in [-0.3, -0.25) is 4.79 Å². The van der Waals surface area contributed by atoms with Crippen molar-refractivity contribution < 1.29 is 26.4 Å². The van der Waals surface area contributed by atoms with Crippen LogP contribution >= 0.6 is 22.6 Å². The van der Waals surface area contributed by atoms with Crippen molar-refractivity contribution in [1.82, 2.24) is 4.31 Å². The van der Waals surface area contributed by atoms with E-state index in [-0.39, 0.29) is 12.3 Å². The largest absolute Gasteiger partial charge is 0.511 e. The summed E-state index contributed by atoms with van der Waals surface area (Å²) in [6.07, 6.45) is 4.82. The van der Waals surface area contributed by atoms with Gasteiger partial charge in [0.2, 0.25) is 0 Å². The van der Waals surface area contributed by atoms with Gasteiger partial charge in [-0.1, -0.05) is 31.8 Å². The van der Waals surface area contributed by atoms with Crippen molar-refractivity contribution in [3.05, 3.63) is 33.1 Å². The number of hydrogen-bond donors (Lipinski definition) is 0. The van der Waals surface area contributed by atoms with E-state index >= 15 is 0 Å². The number of halogens is 4. The molecular formula is C13H15F3INO3SSi. The van der Waals surface area contributed by atoms with Crippen molar-refractivity contribution in [2.45, 2.75) is 30.7 Å². The van der Waals surface area contributed by atoms with Gasteiger partial charge in [0, 0.05) is 10.1 Å². The van der Waals surface area contributed by atoms with Crippen molar-refractivity contribution in [2.24, 2.45) is 0 Å². The Morgan fingerprint density at radius 3 is 2.09 bits per heavy atom. The van der Waals surface area contributed by atoms with E-state index < -0.39 is 29.1 Å². The van der Waals surface area contributed by atoms with Crippen LogP contribution in [0.15, 0.2) is 33.1 Å². The molecule has 1 spiro atoms. The summed E-state index contributed by atoms with van der Waals surface area (Å²) in [4.78, 5) is 11.4. The fourth-order valence-electron chi connectivity index (χ4n) is 2.96. The number of carbonyl (C=O) groups is 1. The summed E-state index contributed by atoms with van der Waals surface area (Å²) in [5.74, 6) is -0.378. The minimum Gasteiger partial charge on any atom is -0.290 e. The maximum Gasteiger partial charge on any atom is 0.511 e. The predicted molar refractivity (Wildman–Crippen MR) is 92.1 cm³/mol. The Morgan fingerprint density at radius 1 is 1.22 bits per heavy atom. The molecule has 0 radical (unpaired) electrons. The van der Waals surface area contributed by atoms with Gasteiger partial charge in [0.1, 0.15) is 0 Å². The molecule has 128 valence electrons. The number of sulfonamides is 1. The lowest BCUT2D eigenvalue weighted by Crippen LogP contribution is -2.54. The Labute approximate surface area is 147 Å². The maximum absolute atomic E-state index is 13.1. The second-order valence-electron chi connectivity index (χ2n) is 6.38. The van der Waals surface area contributed by atoms with Gasteiger partial charge in [-0.05, 0) is 39.9 Å². The van der Waals surface area contributed by atoms with Crippen LogP contribution in [0.4, 0.5) is 13.2 Å². The molecule has 2 rings (SSSR count). The molecule has 0 aromatic rings. The van der Waals surface area contributed by atoms with Crippen LogP contribution in [0.25, 0.3) is 0 Å². The molecule has 1 heterocycles. The summed E-state index contributed by atoms with van der Waals surface area (Å²) in [5, 5.41) is 0.679. The number of rotatable bonds is 2. The molecule has 23 heavy (non-hydrogen) atoms. The van der Waals surface area contributed by atoms with Crippen LogP contribution in [-0.2, 0) is 14.8 Å². The van der Waals surface area contributed by atoms with E-state index in [0.717, 1.165) is 12.2 Å². The van der Waals surface area contributed by atoms with E-state index in [2.05, 4.69) is 0 Å². The van der Waals surface area contributed by atoms with Crippen LogP contribution in [0.5, 0.6) is 0 Å². The maximum atomic E-state index is 13.1. The van der Waals surface area contributed by atoms with Crippen LogP contribution in [0.2, 0.25) is 19.6 Å². The van der Waals surface area contributed by atoms with Crippen molar-refractivity contribution in [1.29, 1.82) is 0 Å². The lowest BCUT2D eigenvalue weighted by Gasteiger charge is -2.40. The van der Waals surface area contributed by atoms with Crippen LogP contribution in [0.3, 0.4) is 0 Å². The molecule has 0 fully saturated rings. The third-order valence-corrected chi connectivity index (χ3v) is 8.89. The molecule has 0 aromatic carbocycles. The normalized spacial score (nSPS) is 22.5. The van der Waals surface area contributed by atoms with Crippen LogP contribution in [0, 0.1) is 0 Å². The topological polar surface area (TPSA) is 54.5 Å². The number of ketones is 1. The number of nitrogens with zero attached hydrogens (tertiary/aromatic N) is 1. The quantitative estimate of drug-likeness (QED) is 0.454. The monoisotopic (exact) mass is 477 g/mol. The summed E-state index contributed by atoms with van der Waals surface area (Å²) < 4.78 is 64.4. The summed E-state index contributed by atoms with van der Waals surface area (Å²) in [5.41, 5.74) is -6.93. The van der Waals surface area contributed by atoms with Gasteiger partial charge in [0.05, 0.1) is 13.6 Å². The zero-order valence-electron chi connectivity index (χ0n) is 12.6. The van der Waals surface area contributed by atoms with Gasteiger partial charge < -0.3 is 0 Å². The van der Waals surface area contributed by atoms with Gasteiger partial charge in [0.25, 0.3) is 0 Å². The first-order valence-electron chi connectivity index (χ1n) is 6.64. The highest BCUT2D eigenvalue weighted by atomic mass is 127. The Kier molecular flexibility index (Phi) is 4.54. The number of carbonyl (C=O) groups excluding carboxylic acids is 1. The highest BCUT2D eigenvalue weighted by molar-refractivity contribution is 14.1. The molecule has 10 heteroatoms. The minimum absolute atomic E-state index is 0.342. The van der Waals surface area contributed by atoms with Gasteiger partial charge >= 0.3 is 15.5 Å². The van der Waals surface area contributed by atoms with E-state index in [4.69, 9.17) is 0 Å². The standard InChI is InChI=1S/C13H15F3INO3SSi/c1-23(2,3)11-10(17)8-18(22(20,21)13(14,15)16)12(11)6-4-9(19)5-7-12/h4-7H,8H2,1-3H3. The SMILES string of the molecule is C[Si](C)(C)C1=C(I)CN(S(=O)(=O)C(F)(F)F)C12C=CC(=O)C=C2. The van der Waals surface area contributed by atoms with E-state index in [1.165, 1.54) is 12.2 Å². The summed E-state index contributed by atoms with van der Waals surface area (Å²) in [6.45, 7) is 5.46. The molecule has 2 aliphatic rings. The minimum atomic E-state index is -5.53. The van der Waals surface area contributed by atoms with Gasteiger partial charge in [-0.2, -0.15) is 17.5 Å². The van der Waals surface area contributed by atoms with Crippen molar-refractivity contribution in [3.63, 3.8) is 0 Å². The third-order valence-electron chi connectivity index (χ3n) is 3.70. The second kappa shape index (κ2) is 5.53. The highest BCUT2D eigenvalue weighted by Crippen LogP contribution is 2.48. The van der Waals surface area contributed by atoms with E-state index in [1.807, 2.05) is 42.2 Å². The molecule has 0 atom stereocenters. The lowest BCUT2D eigenvalue weighted by molar-refractivity contribution is -0.110. The van der Waals surface area contributed by atoms with Crippen LogP contribution in [0.1, 0.15) is 0 Å². The Bertz CT molecular complexity index is 731. The second-order valence-corrected chi connectivity index (χ2v) is 14.5. The zero-order valence-corrected chi connectivity index (χ0v) is 16.6. The Balaban J connectivity index is 2.73. The smallest absolute Gasteiger partial charge is 0.290 e. The molecule has 0 amide bonds. The highest BCUT2D eigenvalue weighted by Gasteiger charge is 2.60. The van der Waals surface area contributed by atoms with Gasteiger partial charge in [0.15, 0.2) is 5.78 Å². The van der Waals surface area contributed by atoms with E-state index in [0.29, 0.717) is 13.1 Å².